The number of carbonyl (C=O) groups excluding carboxylic acids is 2. The van der Waals surface area contributed by atoms with E-state index in [2.05, 4.69) is 10.4 Å². The summed E-state index contributed by atoms with van der Waals surface area (Å²) in [6.07, 6.45) is 13.9. The van der Waals surface area contributed by atoms with Crippen LogP contribution in [-0.4, -0.2) is 48.2 Å². The van der Waals surface area contributed by atoms with Crippen LogP contribution in [0.1, 0.15) is 103 Å². The highest BCUT2D eigenvalue weighted by molar-refractivity contribution is 6.37. The van der Waals surface area contributed by atoms with Crippen LogP contribution in [0, 0.1) is 23.7 Å². The van der Waals surface area contributed by atoms with E-state index in [-0.39, 0.29) is 24.3 Å². The van der Waals surface area contributed by atoms with E-state index in [1.807, 2.05) is 0 Å². The van der Waals surface area contributed by atoms with E-state index < -0.39 is 12.1 Å². The smallest absolute Gasteiger partial charge is 0.307 e. The summed E-state index contributed by atoms with van der Waals surface area (Å²) in [5.41, 5.74) is 5.98. The number of alkyl halides is 1. The van der Waals surface area contributed by atoms with Crippen molar-refractivity contribution in [2.75, 3.05) is 13.2 Å². The number of hydrogen-bond acceptors (Lipinski definition) is 6. The van der Waals surface area contributed by atoms with Crippen LogP contribution in [0.5, 0.6) is 0 Å². The first-order valence-corrected chi connectivity index (χ1v) is 14.3. The molecule has 9 heteroatoms. The van der Waals surface area contributed by atoms with Gasteiger partial charge in [-0.1, -0.05) is 38.5 Å². The highest BCUT2D eigenvalue weighted by Crippen LogP contribution is 2.41. The zero-order chi connectivity index (χ0) is 25.9. The third-order valence-electron chi connectivity index (χ3n) is 8.52. The van der Waals surface area contributed by atoms with Crippen molar-refractivity contribution < 1.29 is 18.7 Å². The van der Waals surface area contributed by atoms with E-state index >= 15 is 0 Å². The fraction of sp³-hybridized carbons (Fsp3) is 0.889. The molecule has 3 rings (SSSR count). The Kier molecular flexibility index (Phi) is 11.7. The van der Waals surface area contributed by atoms with Gasteiger partial charge in [0.15, 0.2) is 0 Å². The van der Waals surface area contributed by atoms with E-state index in [1.54, 1.807) is 6.92 Å². The predicted octanol–water partition coefficient (Wildman–Crippen LogP) is 4.18. The predicted molar refractivity (Wildman–Crippen MR) is 139 cm³/mol. The number of hydrazine groups is 1. The average Bonchev–Trinajstić information content (AvgIpc) is 2.85. The first-order valence-electron chi connectivity index (χ1n) is 14.3. The van der Waals surface area contributed by atoms with Gasteiger partial charge in [-0.05, 0) is 82.0 Å². The molecule has 8 nitrogen and oxygen atoms in total. The molecule has 0 radical (unpaired) electrons. The molecular formula is C27H48FN5O3. The van der Waals surface area contributed by atoms with Gasteiger partial charge in [-0.15, -0.1) is 5.10 Å². The number of hydrazone groups is 1. The molecule has 1 unspecified atom stereocenters. The number of rotatable bonds is 10. The van der Waals surface area contributed by atoms with Gasteiger partial charge < -0.3 is 15.8 Å². The Labute approximate surface area is 216 Å². The Morgan fingerprint density at radius 3 is 2.39 bits per heavy atom. The van der Waals surface area contributed by atoms with Crippen molar-refractivity contribution in [1.29, 1.82) is 0 Å². The normalized spacial score (nSPS) is 28.8. The molecule has 0 aliphatic heterocycles. The molecule has 0 spiro atoms. The maximum atomic E-state index is 13.9. The van der Waals surface area contributed by atoms with E-state index in [1.165, 1.54) is 24.4 Å². The van der Waals surface area contributed by atoms with Gasteiger partial charge in [-0.2, -0.15) is 0 Å². The molecule has 0 aromatic rings. The molecule has 3 aliphatic carbocycles. The SMILES string of the molecule is CCOC(=O)C[C@@H](CC1CCC(C2CCC[C@H](F)C2)CC1)NC(=O)/C(N)=N/N(N)CC1CCCCC1. The summed E-state index contributed by atoms with van der Waals surface area (Å²) in [4.78, 5) is 25.1. The first kappa shape index (κ1) is 28.7. The fourth-order valence-corrected chi connectivity index (χ4v) is 6.62. The number of nitrogens with two attached hydrogens (primary N) is 2. The molecular weight excluding hydrogens is 461 g/mol. The highest BCUT2D eigenvalue weighted by atomic mass is 19.1. The summed E-state index contributed by atoms with van der Waals surface area (Å²) >= 11 is 0. The lowest BCUT2D eigenvalue weighted by atomic mass is 9.70. The molecule has 3 fully saturated rings. The summed E-state index contributed by atoms with van der Waals surface area (Å²) in [5, 5.41) is 8.29. The van der Waals surface area contributed by atoms with Crippen molar-refractivity contribution in [2.24, 2.45) is 40.3 Å². The largest absolute Gasteiger partial charge is 0.466 e. The number of hydrogen-bond donors (Lipinski definition) is 3. The minimum Gasteiger partial charge on any atom is -0.466 e. The van der Waals surface area contributed by atoms with Crippen LogP contribution in [-0.2, 0) is 14.3 Å². The van der Waals surface area contributed by atoms with E-state index in [0.717, 1.165) is 57.8 Å². The Hall–Kier alpha value is -1.90. The fourth-order valence-electron chi connectivity index (χ4n) is 6.62. The Bertz CT molecular complexity index is 722. The summed E-state index contributed by atoms with van der Waals surface area (Å²) in [6, 6.07) is -0.374. The minimum absolute atomic E-state index is 0.105. The van der Waals surface area contributed by atoms with Gasteiger partial charge >= 0.3 is 5.97 Å². The number of amides is 1. The van der Waals surface area contributed by atoms with Gasteiger partial charge in [-0.25, -0.2) is 15.4 Å². The zero-order valence-corrected chi connectivity index (χ0v) is 22.1. The van der Waals surface area contributed by atoms with E-state index in [4.69, 9.17) is 16.3 Å². The standard InChI is InChI=1S/C27H48FN5O3/c1-2-36-25(34)17-24(15-19-11-13-21(14-12-19)22-9-6-10-23(28)16-22)31-27(35)26(29)32-33(30)18-20-7-4-3-5-8-20/h19-24H,2-18,30H2,1H3,(H2,29,32)(H,31,35)/t19?,21?,22?,23-,24+/m0/s1. The van der Waals surface area contributed by atoms with Crippen LogP contribution in [0.25, 0.3) is 0 Å². The first-order chi connectivity index (χ1) is 17.3. The third kappa shape index (κ3) is 9.52. The van der Waals surface area contributed by atoms with Crippen LogP contribution >= 0.6 is 0 Å². The number of carbonyl (C=O) groups is 2. The van der Waals surface area contributed by atoms with Crippen molar-refractivity contribution in [3.8, 4) is 0 Å². The second-order valence-corrected chi connectivity index (χ2v) is 11.3. The van der Waals surface area contributed by atoms with Gasteiger partial charge in [0.2, 0.25) is 5.84 Å². The number of nitrogens with one attached hydrogen (secondary N) is 1. The van der Waals surface area contributed by atoms with Gasteiger partial charge in [0.05, 0.1) is 19.6 Å². The molecule has 36 heavy (non-hydrogen) atoms. The van der Waals surface area contributed by atoms with E-state index in [9.17, 15) is 14.0 Å². The molecule has 0 aromatic carbocycles. The van der Waals surface area contributed by atoms with Crippen LogP contribution in [0.15, 0.2) is 5.10 Å². The topological polar surface area (TPSA) is 123 Å². The Balaban J connectivity index is 1.51. The number of amidine groups is 1. The van der Waals surface area contributed by atoms with Crippen LogP contribution in [0.2, 0.25) is 0 Å². The van der Waals surface area contributed by atoms with Crippen molar-refractivity contribution >= 4 is 17.7 Å². The summed E-state index contributed by atoms with van der Waals surface area (Å²) in [6.45, 7) is 2.65. The number of ether oxygens (including phenoxy) is 1. The number of halogens is 1. The molecule has 3 saturated carbocycles. The van der Waals surface area contributed by atoms with Gasteiger partial charge in [-0.3, -0.25) is 9.59 Å². The van der Waals surface area contributed by atoms with Crippen molar-refractivity contribution in [1.82, 2.24) is 10.4 Å². The zero-order valence-electron chi connectivity index (χ0n) is 22.1. The summed E-state index contributed by atoms with van der Waals surface area (Å²) in [5.74, 6) is 6.97. The lowest BCUT2D eigenvalue weighted by Gasteiger charge is -2.37. The van der Waals surface area contributed by atoms with Crippen LogP contribution in [0.4, 0.5) is 4.39 Å². The molecule has 3 aliphatic rings. The Morgan fingerprint density at radius 1 is 1.00 bits per heavy atom. The highest BCUT2D eigenvalue weighted by Gasteiger charge is 2.33. The summed E-state index contributed by atoms with van der Waals surface area (Å²) in [7, 11) is 0. The molecule has 5 N–H and O–H groups in total. The molecule has 0 heterocycles. The van der Waals surface area contributed by atoms with Crippen LogP contribution in [0.3, 0.4) is 0 Å². The average molecular weight is 510 g/mol. The second-order valence-electron chi connectivity index (χ2n) is 11.3. The maximum Gasteiger partial charge on any atom is 0.307 e. The van der Waals surface area contributed by atoms with Crippen molar-refractivity contribution in [2.45, 2.75) is 115 Å². The van der Waals surface area contributed by atoms with Gasteiger partial charge in [0.1, 0.15) is 6.17 Å². The molecule has 0 bridgehead atoms. The van der Waals surface area contributed by atoms with Crippen LogP contribution < -0.4 is 16.9 Å². The monoisotopic (exact) mass is 509 g/mol. The lowest BCUT2D eigenvalue weighted by molar-refractivity contribution is -0.143. The maximum absolute atomic E-state index is 13.9. The quantitative estimate of drug-likeness (QED) is 0.133. The van der Waals surface area contributed by atoms with Crippen molar-refractivity contribution in [3.63, 3.8) is 0 Å². The number of nitrogens with zero attached hydrogens (tertiary/aromatic N) is 2. The van der Waals surface area contributed by atoms with Gasteiger partial charge in [0, 0.05) is 6.04 Å². The third-order valence-corrected chi connectivity index (χ3v) is 8.52. The van der Waals surface area contributed by atoms with E-state index in [0.29, 0.717) is 49.7 Å². The van der Waals surface area contributed by atoms with Gasteiger partial charge in [0.25, 0.3) is 5.91 Å². The molecule has 206 valence electrons. The lowest BCUT2D eigenvalue weighted by Crippen LogP contribution is -2.46. The van der Waals surface area contributed by atoms with Crippen molar-refractivity contribution in [3.05, 3.63) is 0 Å². The molecule has 1 amide bonds. The second kappa shape index (κ2) is 14.7. The minimum atomic E-state index is -0.634. The number of esters is 1. The molecule has 0 aromatic heterocycles. The Morgan fingerprint density at radius 2 is 1.72 bits per heavy atom. The summed E-state index contributed by atoms with van der Waals surface area (Å²) < 4.78 is 19.0. The molecule has 0 saturated heterocycles. The molecule has 3 atom stereocenters.